The minimum Gasteiger partial charge on any atom is -0.395 e. The number of hydrogen-bond donors (Lipinski definition) is 2. The first-order valence-electron chi connectivity index (χ1n) is 8.16. The molecule has 0 radical (unpaired) electrons. The zero-order chi connectivity index (χ0) is 16.0. The molecule has 0 spiro atoms. The Bertz CT molecular complexity index is 264. The molecule has 3 nitrogen and oxygen atoms in total. The Hall–Kier alpha value is 0.0969. The van der Waals surface area contributed by atoms with Gasteiger partial charge in [0.05, 0.1) is 48.4 Å². The fourth-order valence-electron chi connectivity index (χ4n) is 2.94. The standard InChI is InChI=1S/C16H39N2OSi/c1-9-15(3)20(7,8)13-14(2)10-17-16(12-19)11-18(4,5)6/h14-17,19H,9-13H2,1-8H3/q+1. The van der Waals surface area contributed by atoms with Crippen LogP contribution in [0.15, 0.2) is 0 Å². The topological polar surface area (TPSA) is 32.3 Å². The van der Waals surface area contributed by atoms with Gasteiger partial charge in [-0.05, 0) is 18.0 Å². The van der Waals surface area contributed by atoms with Crippen LogP contribution >= 0.6 is 0 Å². The normalized spacial score (nSPS) is 17.9. The number of likely N-dealkylation sites (N-methyl/N-ethyl adjacent to an activating group) is 1. The van der Waals surface area contributed by atoms with Crippen molar-refractivity contribution >= 4 is 8.07 Å². The van der Waals surface area contributed by atoms with Crippen LogP contribution in [0.4, 0.5) is 0 Å². The molecule has 0 saturated heterocycles. The Morgan fingerprint density at radius 3 is 2.10 bits per heavy atom. The summed E-state index contributed by atoms with van der Waals surface area (Å²) in [4.78, 5) is 0. The summed E-state index contributed by atoms with van der Waals surface area (Å²) in [5.74, 6) is 0.701. The Morgan fingerprint density at radius 2 is 1.70 bits per heavy atom. The molecule has 0 aliphatic rings. The van der Waals surface area contributed by atoms with E-state index < -0.39 is 8.07 Å². The maximum Gasteiger partial charge on any atom is 0.0959 e. The molecule has 0 amide bonds. The predicted molar refractivity (Wildman–Crippen MR) is 92.9 cm³/mol. The molecule has 0 bridgehead atoms. The van der Waals surface area contributed by atoms with Crippen molar-refractivity contribution in [3.63, 3.8) is 0 Å². The molecule has 2 N–H and O–H groups in total. The zero-order valence-electron chi connectivity index (χ0n) is 15.2. The molecular weight excluding hydrogens is 264 g/mol. The van der Waals surface area contributed by atoms with E-state index in [0.29, 0.717) is 5.92 Å². The second-order valence-electron chi connectivity index (χ2n) is 8.37. The average Bonchev–Trinajstić information content (AvgIpc) is 2.31. The van der Waals surface area contributed by atoms with Crippen molar-refractivity contribution in [2.45, 2.75) is 57.9 Å². The first-order valence-corrected chi connectivity index (χ1v) is 11.4. The number of hydrogen-bond acceptors (Lipinski definition) is 2. The lowest BCUT2D eigenvalue weighted by atomic mass is 10.2. The monoisotopic (exact) mass is 303 g/mol. The van der Waals surface area contributed by atoms with Gasteiger partial charge in [-0.2, -0.15) is 0 Å². The van der Waals surface area contributed by atoms with Crippen LogP contribution in [0.1, 0.15) is 27.2 Å². The quantitative estimate of drug-likeness (QED) is 0.480. The van der Waals surface area contributed by atoms with Crippen molar-refractivity contribution < 1.29 is 9.59 Å². The smallest absolute Gasteiger partial charge is 0.0959 e. The van der Waals surface area contributed by atoms with Crippen LogP contribution in [0.5, 0.6) is 0 Å². The highest BCUT2D eigenvalue weighted by molar-refractivity contribution is 6.78. The van der Waals surface area contributed by atoms with E-state index in [0.717, 1.165) is 23.1 Å². The van der Waals surface area contributed by atoms with Crippen molar-refractivity contribution in [2.24, 2.45) is 5.92 Å². The molecule has 3 unspecified atom stereocenters. The summed E-state index contributed by atoms with van der Waals surface area (Å²) in [5.41, 5.74) is 0.893. The van der Waals surface area contributed by atoms with Gasteiger partial charge in [-0.25, -0.2) is 0 Å². The van der Waals surface area contributed by atoms with E-state index in [4.69, 9.17) is 0 Å². The highest BCUT2D eigenvalue weighted by atomic mass is 28.3. The second-order valence-corrected chi connectivity index (χ2v) is 13.7. The summed E-state index contributed by atoms with van der Waals surface area (Å²) >= 11 is 0. The van der Waals surface area contributed by atoms with Crippen molar-refractivity contribution in [1.82, 2.24) is 5.32 Å². The number of rotatable bonds is 10. The molecule has 0 aliphatic carbocycles. The molecule has 0 aromatic carbocycles. The van der Waals surface area contributed by atoms with Crippen LogP contribution in [0.25, 0.3) is 0 Å². The zero-order valence-corrected chi connectivity index (χ0v) is 16.2. The average molecular weight is 304 g/mol. The molecule has 3 atom stereocenters. The van der Waals surface area contributed by atoms with E-state index in [2.05, 4.69) is 60.3 Å². The van der Waals surface area contributed by atoms with Gasteiger partial charge in [0.1, 0.15) is 0 Å². The van der Waals surface area contributed by atoms with Crippen LogP contribution < -0.4 is 5.32 Å². The van der Waals surface area contributed by atoms with Crippen LogP contribution in [0, 0.1) is 5.92 Å². The number of quaternary nitrogens is 1. The van der Waals surface area contributed by atoms with Gasteiger partial charge in [0.25, 0.3) is 0 Å². The third-order valence-corrected chi connectivity index (χ3v) is 9.39. The molecule has 0 rings (SSSR count). The minimum atomic E-state index is -1.11. The van der Waals surface area contributed by atoms with Crippen molar-refractivity contribution in [3.8, 4) is 0 Å². The summed E-state index contributed by atoms with van der Waals surface area (Å²) in [6.07, 6.45) is 1.31. The van der Waals surface area contributed by atoms with Crippen LogP contribution in [-0.4, -0.2) is 64.5 Å². The predicted octanol–water partition coefficient (Wildman–Crippen LogP) is 2.79. The third kappa shape index (κ3) is 8.40. The van der Waals surface area contributed by atoms with Crippen LogP contribution in [-0.2, 0) is 0 Å². The largest absolute Gasteiger partial charge is 0.395 e. The lowest BCUT2D eigenvalue weighted by molar-refractivity contribution is -0.871. The molecule has 0 aromatic heterocycles. The van der Waals surface area contributed by atoms with Gasteiger partial charge in [0.2, 0.25) is 0 Å². The van der Waals surface area contributed by atoms with E-state index in [1.165, 1.54) is 12.5 Å². The Labute approximate surface area is 128 Å². The summed E-state index contributed by atoms with van der Waals surface area (Å²) in [5, 5.41) is 13.1. The maximum absolute atomic E-state index is 9.50. The lowest BCUT2D eigenvalue weighted by Crippen LogP contribution is -2.50. The van der Waals surface area contributed by atoms with E-state index in [-0.39, 0.29) is 12.6 Å². The number of nitrogens with zero attached hydrogens (tertiary/aromatic N) is 1. The van der Waals surface area contributed by atoms with E-state index in [1.807, 2.05) is 0 Å². The summed E-state index contributed by atoms with van der Waals surface area (Å²) in [6.45, 7) is 14.3. The van der Waals surface area contributed by atoms with E-state index >= 15 is 0 Å². The van der Waals surface area contributed by atoms with Gasteiger partial charge in [0, 0.05) is 0 Å². The molecule has 0 saturated carbocycles. The number of nitrogens with one attached hydrogen (secondary N) is 1. The molecule has 4 heteroatoms. The SMILES string of the molecule is CCC(C)[Si](C)(C)CC(C)CNC(CO)C[N+](C)(C)C. The fourth-order valence-corrected chi connectivity index (χ4v) is 6.39. The first-order chi connectivity index (χ1) is 9.01. The Balaban J connectivity index is 4.23. The van der Waals surface area contributed by atoms with Crippen molar-refractivity contribution in [3.05, 3.63) is 0 Å². The molecular formula is C16H39N2OSi+. The number of aliphatic hydroxyl groups is 1. The molecule has 0 fully saturated rings. The van der Waals surface area contributed by atoms with E-state index in [1.54, 1.807) is 0 Å². The summed E-state index contributed by atoms with van der Waals surface area (Å²) in [6, 6.07) is 1.59. The Morgan fingerprint density at radius 1 is 1.15 bits per heavy atom. The molecule has 0 aliphatic heterocycles. The Kier molecular flexibility index (Phi) is 8.56. The van der Waals surface area contributed by atoms with Gasteiger partial charge >= 0.3 is 0 Å². The number of aliphatic hydroxyl groups excluding tert-OH is 1. The highest BCUT2D eigenvalue weighted by Crippen LogP contribution is 2.30. The van der Waals surface area contributed by atoms with E-state index in [9.17, 15) is 5.11 Å². The van der Waals surface area contributed by atoms with Crippen molar-refractivity contribution in [1.29, 1.82) is 0 Å². The molecule has 0 heterocycles. The van der Waals surface area contributed by atoms with Gasteiger partial charge in [-0.1, -0.05) is 46.3 Å². The van der Waals surface area contributed by atoms with Crippen LogP contribution in [0.2, 0.25) is 24.7 Å². The van der Waals surface area contributed by atoms with Gasteiger partial charge in [-0.3, -0.25) is 0 Å². The summed E-state index contributed by atoms with van der Waals surface area (Å²) < 4.78 is 0.889. The summed E-state index contributed by atoms with van der Waals surface area (Å²) in [7, 11) is 5.41. The van der Waals surface area contributed by atoms with Gasteiger partial charge in [-0.15, -0.1) is 0 Å². The van der Waals surface area contributed by atoms with Gasteiger partial charge in [0.15, 0.2) is 0 Å². The highest BCUT2D eigenvalue weighted by Gasteiger charge is 2.29. The van der Waals surface area contributed by atoms with Crippen LogP contribution in [0.3, 0.4) is 0 Å². The molecule has 0 aromatic rings. The fraction of sp³-hybridized carbons (Fsp3) is 1.00. The maximum atomic E-state index is 9.50. The lowest BCUT2D eigenvalue weighted by Gasteiger charge is -2.33. The van der Waals surface area contributed by atoms with Gasteiger partial charge < -0.3 is 14.9 Å². The minimum absolute atomic E-state index is 0.214. The van der Waals surface area contributed by atoms with Crippen molar-refractivity contribution in [2.75, 3.05) is 40.8 Å². The third-order valence-electron chi connectivity index (χ3n) is 4.56. The molecule has 122 valence electrons. The first kappa shape index (κ1) is 20.1. The second kappa shape index (κ2) is 8.52. The molecule has 20 heavy (non-hydrogen) atoms.